The Morgan fingerprint density at radius 3 is 2.76 bits per heavy atom. The van der Waals surface area contributed by atoms with Crippen molar-refractivity contribution in [2.45, 2.75) is 19.3 Å². The predicted molar refractivity (Wildman–Crippen MR) is 95.1 cm³/mol. The first kappa shape index (κ1) is 18.3. The van der Waals surface area contributed by atoms with Gasteiger partial charge in [-0.1, -0.05) is 6.07 Å². The lowest BCUT2D eigenvalue weighted by Crippen LogP contribution is -2.49. The minimum absolute atomic E-state index is 0.156. The van der Waals surface area contributed by atoms with Crippen LogP contribution in [-0.2, 0) is 16.0 Å². The number of aliphatic hydroxyl groups excluding tert-OH is 1. The molecule has 0 bridgehead atoms. The van der Waals surface area contributed by atoms with Gasteiger partial charge in [0.2, 0.25) is 5.91 Å². The van der Waals surface area contributed by atoms with E-state index in [4.69, 9.17) is 4.74 Å². The lowest BCUT2D eigenvalue weighted by atomic mass is 9.88. The summed E-state index contributed by atoms with van der Waals surface area (Å²) in [7, 11) is 0. The highest BCUT2D eigenvalue weighted by Gasteiger charge is 2.30. The van der Waals surface area contributed by atoms with Crippen LogP contribution in [0.3, 0.4) is 0 Å². The smallest absolute Gasteiger partial charge is 0.222 e. The van der Waals surface area contributed by atoms with E-state index in [-0.39, 0.29) is 18.4 Å². The van der Waals surface area contributed by atoms with Gasteiger partial charge in [-0.3, -0.25) is 14.7 Å². The van der Waals surface area contributed by atoms with E-state index in [1.807, 2.05) is 23.1 Å². The van der Waals surface area contributed by atoms with Gasteiger partial charge in [0.1, 0.15) is 0 Å². The second-order valence-electron chi connectivity index (χ2n) is 7.18. The Morgan fingerprint density at radius 1 is 1.24 bits per heavy atom. The Balaban J connectivity index is 1.52. The van der Waals surface area contributed by atoms with E-state index in [2.05, 4.69) is 9.88 Å². The highest BCUT2D eigenvalue weighted by Crippen LogP contribution is 2.24. The molecule has 2 atom stereocenters. The Labute approximate surface area is 149 Å². The molecule has 1 N–H and O–H groups in total. The third-order valence-electron chi connectivity index (χ3n) is 5.18. The number of pyridine rings is 1. The van der Waals surface area contributed by atoms with E-state index in [1.54, 1.807) is 6.20 Å². The largest absolute Gasteiger partial charge is 0.396 e. The number of ether oxygens (including phenoxy) is 1. The lowest BCUT2D eigenvalue weighted by molar-refractivity contribution is -0.134. The maximum atomic E-state index is 12.7. The molecule has 0 aliphatic carbocycles. The fourth-order valence-corrected chi connectivity index (χ4v) is 3.87. The summed E-state index contributed by atoms with van der Waals surface area (Å²) in [5.74, 6) is 0.803. The summed E-state index contributed by atoms with van der Waals surface area (Å²) in [6.45, 7) is 6.15. The van der Waals surface area contributed by atoms with Crippen molar-refractivity contribution < 1.29 is 14.6 Å². The monoisotopic (exact) mass is 347 g/mol. The van der Waals surface area contributed by atoms with E-state index >= 15 is 0 Å². The summed E-state index contributed by atoms with van der Waals surface area (Å²) in [6.07, 6.45) is 3.92. The Bertz CT molecular complexity index is 534. The number of rotatable bonds is 6. The van der Waals surface area contributed by atoms with E-state index in [1.165, 1.54) is 0 Å². The van der Waals surface area contributed by atoms with Crippen LogP contribution in [0.1, 0.15) is 18.5 Å². The van der Waals surface area contributed by atoms with Gasteiger partial charge >= 0.3 is 0 Å². The number of carbonyl (C=O) groups excluding carboxylic acids is 1. The van der Waals surface area contributed by atoms with E-state index in [9.17, 15) is 9.90 Å². The number of morpholine rings is 1. The minimum Gasteiger partial charge on any atom is -0.396 e. The van der Waals surface area contributed by atoms with Crippen LogP contribution in [0.4, 0.5) is 0 Å². The van der Waals surface area contributed by atoms with Crippen LogP contribution in [0.2, 0.25) is 0 Å². The molecule has 2 aliphatic heterocycles. The molecule has 0 unspecified atom stereocenters. The van der Waals surface area contributed by atoms with Crippen molar-refractivity contribution in [3.63, 3.8) is 0 Å². The summed E-state index contributed by atoms with van der Waals surface area (Å²) >= 11 is 0. The number of carbonyl (C=O) groups is 1. The maximum Gasteiger partial charge on any atom is 0.222 e. The van der Waals surface area contributed by atoms with Crippen molar-refractivity contribution in [2.75, 3.05) is 52.5 Å². The van der Waals surface area contributed by atoms with Crippen LogP contribution in [0, 0.1) is 11.8 Å². The molecule has 6 nitrogen and oxygen atoms in total. The zero-order chi connectivity index (χ0) is 17.5. The molecule has 1 aromatic rings. The van der Waals surface area contributed by atoms with Crippen LogP contribution in [-0.4, -0.2) is 78.3 Å². The number of aliphatic hydroxyl groups is 1. The average Bonchev–Trinajstić information content (AvgIpc) is 2.67. The van der Waals surface area contributed by atoms with Gasteiger partial charge in [-0.25, -0.2) is 0 Å². The molecule has 1 amide bonds. The molecule has 6 heteroatoms. The Hall–Kier alpha value is -1.50. The van der Waals surface area contributed by atoms with Crippen molar-refractivity contribution in [3.05, 3.63) is 30.1 Å². The number of hydrogen-bond acceptors (Lipinski definition) is 5. The van der Waals surface area contributed by atoms with Crippen LogP contribution >= 0.6 is 0 Å². The summed E-state index contributed by atoms with van der Waals surface area (Å²) < 4.78 is 5.41. The first-order valence-corrected chi connectivity index (χ1v) is 9.33. The van der Waals surface area contributed by atoms with Gasteiger partial charge in [0.25, 0.3) is 0 Å². The molecule has 3 heterocycles. The molecular weight excluding hydrogens is 318 g/mol. The van der Waals surface area contributed by atoms with Gasteiger partial charge in [-0.05, 0) is 36.8 Å². The molecule has 138 valence electrons. The molecule has 1 aromatic heterocycles. The van der Waals surface area contributed by atoms with Gasteiger partial charge in [0.15, 0.2) is 0 Å². The second kappa shape index (κ2) is 9.27. The van der Waals surface area contributed by atoms with E-state index < -0.39 is 0 Å². The standard InChI is InChI=1S/C19H29N3O3/c23-15-17-11-16(12-21-7-9-25-10-8-21)13-22(14-17)19(24)5-4-18-3-1-2-6-20-18/h1-3,6,16-17,23H,4-5,7-15H2/t16-,17-/m1/s1. The predicted octanol–water partition coefficient (Wildman–Crippen LogP) is 0.803. The number of likely N-dealkylation sites (tertiary alicyclic amines) is 1. The van der Waals surface area contributed by atoms with Crippen LogP contribution < -0.4 is 0 Å². The van der Waals surface area contributed by atoms with Gasteiger partial charge in [-0.15, -0.1) is 0 Å². The van der Waals surface area contributed by atoms with Gasteiger partial charge < -0.3 is 14.7 Å². The van der Waals surface area contributed by atoms with Crippen molar-refractivity contribution >= 4 is 5.91 Å². The fraction of sp³-hybridized carbons (Fsp3) is 0.684. The summed E-state index contributed by atoms with van der Waals surface area (Å²) in [5.41, 5.74) is 0.955. The third-order valence-corrected chi connectivity index (χ3v) is 5.18. The van der Waals surface area contributed by atoms with Gasteiger partial charge in [0.05, 0.1) is 13.2 Å². The summed E-state index contributed by atoms with van der Waals surface area (Å²) in [6, 6.07) is 5.80. The lowest BCUT2D eigenvalue weighted by Gasteiger charge is -2.40. The van der Waals surface area contributed by atoms with Crippen molar-refractivity contribution in [1.29, 1.82) is 0 Å². The number of amides is 1. The van der Waals surface area contributed by atoms with Crippen LogP contribution in [0.5, 0.6) is 0 Å². The Morgan fingerprint density at radius 2 is 2.04 bits per heavy atom. The van der Waals surface area contributed by atoms with Crippen LogP contribution in [0.15, 0.2) is 24.4 Å². The highest BCUT2D eigenvalue weighted by molar-refractivity contribution is 5.76. The summed E-state index contributed by atoms with van der Waals surface area (Å²) in [4.78, 5) is 21.3. The Kier molecular flexibility index (Phi) is 6.78. The summed E-state index contributed by atoms with van der Waals surface area (Å²) in [5, 5.41) is 9.64. The van der Waals surface area contributed by atoms with Gasteiger partial charge in [0, 0.05) is 57.6 Å². The molecule has 2 aliphatic rings. The number of piperidine rings is 1. The average molecular weight is 347 g/mol. The van der Waals surface area contributed by atoms with Crippen molar-refractivity contribution in [1.82, 2.24) is 14.8 Å². The number of aromatic nitrogens is 1. The van der Waals surface area contributed by atoms with E-state index in [0.717, 1.165) is 51.5 Å². The number of aryl methyl sites for hydroxylation is 1. The zero-order valence-corrected chi connectivity index (χ0v) is 14.8. The van der Waals surface area contributed by atoms with Crippen LogP contribution in [0.25, 0.3) is 0 Å². The van der Waals surface area contributed by atoms with Crippen molar-refractivity contribution in [2.24, 2.45) is 11.8 Å². The SMILES string of the molecule is O=C(CCc1ccccn1)N1C[C@H](CO)C[C@H](CN2CCOCC2)C1. The first-order valence-electron chi connectivity index (χ1n) is 9.33. The molecule has 0 saturated carbocycles. The molecule has 0 radical (unpaired) electrons. The second-order valence-corrected chi connectivity index (χ2v) is 7.18. The fourth-order valence-electron chi connectivity index (χ4n) is 3.87. The topological polar surface area (TPSA) is 65.9 Å². The molecule has 25 heavy (non-hydrogen) atoms. The van der Waals surface area contributed by atoms with Gasteiger partial charge in [-0.2, -0.15) is 0 Å². The molecule has 0 spiro atoms. The molecule has 2 saturated heterocycles. The maximum absolute atomic E-state index is 12.7. The first-order chi connectivity index (χ1) is 12.2. The highest BCUT2D eigenvalue weighted by atomic mass is 16.5. The molecule has 0 aromatic carbocycles. The molecular formula is C19H29N3O3. The normalized spacial score (nSPS) is 25.1. The number of hydrogen-bond donors (Lipinski definition) is 1. The third kappa shape index (κ3) is 5.49. The van der Waals surface area contributed by atoms with E-state index in [0.29, 0.717) is 25.3 Å². The number of nitrogens with zero attached hydrogens (tertiary/aromatic N) is 3. The molecule has 3 rings (SSSR count). The minimum atomic E-state index is 0.156. The van der Waals surface area contributed by atoms with Crippen molar-refractivity contribution in [3.8, 4) is 0 Å². The zero-order valence-electron chi connectivity index (χ0n) is 14.8. The molecule has 2 fully saturated rings. The quantitative estimate of drug-likeness (QED) is 0.825.